The van der Waals surface area contributed by atoms with Crippen LogP contribution in [-0.2, 0) is 4.74 Å². The first kappa shape index (κ1) is 12.9. The Labute approximate surface area is 94.2 Å². The van der Waals surface area contributed by atoms with Crippen molar-refractivity contribution < 1.29 is 4.74 Å². The third kappa shape index (κ3) is 6.88. The molecule has 1 aliphatic rings. The molecule has 1 saturated heterocycles. The van der Waals surface area contributed by atoms with Crippen molar-refractivity contribution in [1.29, 1.82) is 0 Å². The van der Waals surface area contributed by atoms with Gasteiger partial charge in [0.25, 0.3) is 0 Å². The summed E-state index contributed by atoms with van der Waals surface area (Å²) in [6, 6.07) is 0. The van der Waals surface area contributed by atoms with E-state index in [1.807, 2.05) is 0 Å². The molecule has 0 aromatic heterocycles. The van der Waals surface area contributed by atoms with Gasteiger partial charge in [0.15, 0.2) is 0 Å². The van der Waals surface area contributed by atoms with Gasteiger partial charge in [0, 0.05) is 32.8 Å². The molecule has 0 aliphatic carbocycles. The van der Waals surface area contributed by atoms with Crippen LogP contribution in [0.4, 0.5) is 0 Å². The summed E-state index contributed by atoms with van der Waals surface area (Å²) in [5.41, 5.74) is 0. The van der Waals surface area contributed by atoms with E-state index in [0.29, 0.717) is 6.10 Å². The Bertz CT molecular complexity index is 145. The maximum absolute atomic E-state index is 5.51. The van der Waals surface area contributed by atoms with Gasteiger partial charge in [0.1, 0.15) is 0 Å². The quantitative estimate of drug-likeness (QED) is 0.650. The van der Waals surface area contributed by atoms with Crippen molar-refractivity contribution in [2.45, 2.75) is 39.2 Å². The van der Waals surface area contributed by atoms with E-state index in [4.69, 9.17) is 4.74 Å². The van der Waals surface area contributed by atoms with Gasteiger partial charge in [-0.05, 0) is 39.7 Å². The van der Waals surface area contributed by atoms with E-state index in [0.717, 1.165) is 19.7 Å². The van der Waals surface area contributed by atoms with Gasteiger partial charge >= 0.3 is 0 Å². The van der Waals surface area contributed by atoms with Gasteiger partial charge in [0.2, 0.25) is 0 Å². The average Bonchev–Trinajstić information content (AvgIpc) is 2.24. The first-order valence-electron chi connectivity index (χ1n) is 6.33. The molecule has 0 bridgehead atoms. The minimum Gasteiger partial charge on any atom is -0.379 e. The molecule has 0 saturated carbocycles. The SMILES string of the molecule is CC(C)OCCCCCN1CCNCC1. The summed E-state index contributed by atoms with van der Waals surface area (Å²) in [6.45, 7) is 11.2. The highest BCUT2D eigenvalue weighted by atomic mass is 16.5. The third-order valence-electron chi connectivity index (χ3n) is 2.78. The van der Waals surface area contributed by atoms with Crippen molar-refractivity contribution in [1.82, 2.24) is 10.2 Å². The molecule has 0 unspecified atom stereocenters. The number of piperazine rings is 1. The van der Waals surface area contributed by atoms with Crippen LogP contribution < -0.4 is 5.32 Å². The van der Waals surface area contributed by atoms with Gasteiger partial charge in [-0.1, -0.05) is 0 Å². The van der Waals surface area contributed by atoms with Crippen LogP contribution in [-0.4, -0.2) is 50.3 Å². The van der Waals surface area contributed by atoms with Gasteiger partial charge in [-0.25, -0.2) is 0 Å². The monoisotopic (exact) mass is 214 g/mol. The lowest BCUT2D eigenvalue weighted by Gasteiger charge is -2.27. The third-order valence-corrected chi connectivity index (χ3v) is 2.78. The summed E-state index contributed by atoms with van der Waals surface area (Å²) in [7, 11) is 0. The zero-order valence-corrected chi connectivity index (χ0v) is 10.3. The highest BCUT2D eigenvalue weighted by Crippen LogP contribution is 2.01. The molecular weight excluding hydrogens is 188 g/mol. The molecule has 3 heteroatoms. The first-order chi connectivity index (χ1) is 7.29. The molecule has 0 aromatic rings. The Kier molecular flexibility index (Phi) is 6.98. The summed E-state index contributed by atoms with van der Waals surface area (Å²) in [6.07, 6.45) is 4.22. The molecule has 3 nitrogen and oxygen atoms in total. The Morgan fingerprint density at radius 1 is 1.13 bits per heavy atom. The smallest absolute Gasteiger partial charge is 0.0518 e. The van der Waals surface area contributed by atoms with E-state index >= 15 is 0 Å². The van der Waals surface area contributed by atoms with Crippen molar-refractivity contribution in [3.05, 3.63) is 0 Å². The van der Waals surface area contributed by atoms with Gasteiger partial charge in [-0.2, -0.15) is 0 Å². The minimum atomic E-state index is 0.387. The summed E-state index contributed by atoms with van der Waals surface area (Å²) < 4.78 is 5.51. The van der Waals surface area contributed by atoms with E-state index < -0.39 is 0 Å². The lowest BCUT2D eigenvalue weighted by atomic mass is 10.2. The largest absolute Gasteiger partial charge is 0.379 e. The lowest BCUT2D eigenvalue weighted by Crippen LogP contribution is -2.43. The van der Waals surface area contributed by atoms with Crippen LogP contribution in [0.5, 0.6) is 0 Å². The predicted octanol–water partition coefficient (Wildman–Crippen LogP) is 1.49. The topological polar surface area (TPSA) is 24.5 Å². The van der Waals surface area contributed by atoms with Crippen LogP contribution in [0.15, 0.2) is 0 Å². The number of unbranched alkanes of at least 4 members (excludes halogenated alkanes) is 2. The standard InChI is InChI=1S/C12H26N2O/c1-12(2)15-11-5-3-4-8-14-9-6-13-7-10-14/h12-13H,3-11H2,1-2H3. The fourth-order valence-corrected chi connectivity index (χ4v) is 1.87. The Morgan fingerprint density at radius 2 is 1.87 bits per heavy atom. The van der Waals surface area contributed by atoms with Crippen molar-refractivity contribution in [3.63, 3.8) is 0 Å². The molecule has 1 fully saturated rings. The highest BCUT2D eigenvalue weighted by Gasteiger charge is 2.07. The molecule has 0 atom stereocenters. The molecule has 0 spiro atoms. The molecule has 0 amide bonds. The van der Waals surface area contributed by atoms with Crippen LogP contribution in [0.3, 0.4) is 0 Å². The molecule has 1 heterocycles. The molecule has 1 aliphatic heterocycles. The van der Waals surface area contributed by atoms with E-state index in [9.17, 15) is 0 Å². The van der Waals surface area contributed by atoms with E-state index in [-0.39, 0.29) is 0 Å². The molecule has 90 valence electrons. The summed E-state index contributed by atoms with van der Waals surface area (Å²) >= 11 is 0. The second-order valence-electron chi connectivity index (χ2n) is 4.57. The van der Waals surface area contributed by atoms with Gasteiger partial charge in [-0.3, -0.25) is 0 Å². The number of hydrogen-bond acceptors (Lipinski definition) is 3. The maximum Gasteiger partial charge on any atom is 0.0518 e. The van der Waals surface area contributed by atoms with E-state index in [1.165, 1.54) is 38.9 Å². The van der Waals surface area contributed by atoms with Crippen LogP contribution >= 0.6 is 0 Å². The molecular formula is C12H26N2O. The molecule has 0 aromatic carbocycles. The minimum absolute atomic E-state index is 0.387. The molecule has 1 N–H and O–H groups in total. The summed E-state index contributed by atoms with van der Waals surface area (Å²) in [5.74, 6) is 0. The Balaban J connectivity index is 1.83. The Morgan fingerprint density at radius 3 is 2.53 bits per heavy atom. The number of ether oxygens (including phenoxy) is 1. The highest BCUT2D eigenvalue weighted by molar-refractivity contribution is 4.67. The second kappa shape index (κ2) is 8.08. The van der Waals surface area contributed by atoms with Gasteiger partial charge in [0.05, 0.1) is 6.10 Å². The van der Waals surface area contributed by atoms with E-state index in [2.05, 4.69) is 24.1 Å². The molecule has 15 heavy (non-hydrogen) atoms. The van der Waals surface area contributed by atoms with Crippen molar-refractivity contribution >= 4 is 0 Å². The Hall–Kier alpha value is -0.120. The first-order valence-corrected chi connectivity index (χ1v) is 6.33. The number of nitrogens with one attached hydrogen (secondary N) is 1. The van der Waals surface area contributed by atoms with Crippen molar-refractivity contribution in [3.8, 4) is 0 Å². The summed E-state index contributed by atoms with van der Waals surface area (Å²) in [4.78, 5) is 2.56. The fourth-order valence-electron chi connectivity index (χ4n) is 1.87. The van der Waals surface area contributed by atoms with Crippen molar-refractivity contribution in [2.75, 3.05) is 39.3 Å². The lowest BCUT2D eigenvalue weighted by molar-refractivity contribution is 0.0751. The zero-order valence-electron chi connectivity index (χ0n) is 10.3. The van der Waals surface area contributed by atoms with Gasteiger partial charge < -0.3 is 15.0 Å². The van der Waals surface area contributed by atoms with Crippen LogP contribution in [0, 0.1) is 0 Å². The predicted molar refractivity (Wildman–Crippen MR) is 64.2 cm³/mol. The number of hydrogen-bond donors (Lipinski definition) is 1. The van der Waals surface area contributed by atoms with Crippen LogP contribution in [0.1, 0.15) is 33.1 Å². The normalized spacial score (nSPS) is 18.6. The van der Waals surface area contributed by atoms with Gasteiger partial charge in [-0.15, -0.1) is 0 Å². The number of rotatable bonds is 7. The number of nitrogens with zero attached hydrogens (tertiary/aromatic N) is 1. The summed E-state index contributed by atoms with van der Waals surface area (Å²) in [5, 5.41) is 3.38. The van der Waals surface area contributed by atoms with Crippen LogP contribution in [0.25, 0.3) is 0 Å². The zero-order chi connectivity index (χ0) is 10.9. The molecule has 1 rings (SSSR count). The van der Waals surface area contributed by atoms with Crippen LogP contribution in [0.2, 0.25) is 0 Å². The van der Waals surface area contributed by atoms with E-state index in [1.54, 1.807) is 0 Å². The fraction of sp³-hybridized carbons (Fsp3) is 1.00. The maximum atomic E-state index is 5.51. The molecule has 0 radical (unpaired) electrons. The second-order valence-corrected chi connectivity index (χ2v) is 4.57. The average molecular weight is 214 g/mol. The van der Waals surface area contributed by atoms with Crippen molar-refractivity contribution in [2.24, 2.45) is 0 Å².